The van der Waals surface area contributed by atoms with Gasteiger partial charge in [-0.05, 0) is 36.8 Å². The molecule has 8 heteroatoms. The van der Waals surface area contributed by atoms with Crippen molar-refractivity contribution in [3.05, 3.63) is 57.6 Å². The van der Waals surface area contributed by atoms with Crippen LogP contribution in [0.15, 0.2) is 30.3 Å². The number of rotatable bonds is 6. The van der Waals surface area contributed by atoms with Crippen molar-refractivity contribution in [3.8, 4) is 5.75 Å². The minimum atomic E-state index is -1.17. The van der Waals surface area contributed by atoms with E-state index in [0.29, 0.717) is 17.9 Å². The van der Waals surface area contributed by atoms with E-state index in [1.165, 1.54) is 0 Å². The lowest BCUT2D eigenvalue weighted by Crippen LogP contribution is -2.16. The third kappa shape index (κ3) is 3.88. The lowest BCUT2D eigenvalue weighted by Gasteiger charge is -2.09. The Morgan fingerprint density at radius 3 is 2.84 bits per heavy atom. The van der Waals surface area contributed by atoms with Gasteiger partial charge in [0.25, 0.3) is 5.91 Å². The third-order valence-electron chi connectivity index (χ3n) is 3.49. The van der Waals surface area contributed by atoms with Crippen LogP contribution >= 0.6 is 22.9 Å². The molecular weight excluding hydrogens is 370 g/mol. The van der Waals surface area contributed by atoms with Crippen LogP contribution in [-0.2, 0) is 6.42 Å². The average Bonchev–Trinajstić information content (AvgIpc) is 2.94. The minimum Gasteiger partial charge on any atom is -0.490 e. The number of primary amides is 1. The van der Waals surface area contributed by atoms with Gasteiger partial charge in [0, 0.05) is 11.4 Å². The predicted octanol–water partition coefficient (Wildman–Crippen LogP) is 4.34. The number of aryl methyl sites for hydroxylation is 1. The summed E-state index contributed by atoms with van der Waals surface area (Å²) in [5.74, 6) is -3.47. The number of hydrogen-bond donors (Lipinski definition) is 1. The fourth-order valence-electron chi connectivity index (χ4n) is 2.33. The molecule has 0 saturated heterocycles. The van der Waals surface area contributed by atoms with Crippen LogP contribution in [0.5, 0.6) is 5.75 Å². The lowest BCUT2D eigenvalue weighted by atomic mass is 10.1. The molecule has 0 aliphatic heterocycles. The van der Waals surface area contributed by atoms with Gasteiger partial charge in [-0.1, -0.05) is 11.6 Å². The van der Waals surface area contributed by atoms with E-state index in [9.17, 15) is 13.6 Å². The molecule has 0 fully saturated rings. The van der Waals surface area contributed by atoms with Crippen LogP contribution in [0.1, 0.15) is 21.8 Å². The second-order valence-corrected chi connectivity index (χ2v) is 6.82. The number of aromatic nitrogens is 1. The Balaban J connectivity index is 1.61. The van der Waals surface area contributed by atoms with Crippen LogP contribution < -0.4 is 10.5 Å². The van der Waals surface area contributed by atoms with Crippen molar-refractivity contribution in [3.63, 3.8) is 0 Å². The van der Waals surface area contributed by atoms with Crippen molar-refractivity contribution in [1.82, 2.24) is 4.98 Å². The van der Waals surface area contributed by atoms with Crippen LogP contribution in [-0.4, -0.2) is 17.5 Å². The smallest absolute Gasteiger partial charge is 0.254 e. The summed E-state index contributed by atoms with van der Waals surface area (Å²) in [6.07, 6.45) is 1.22. The number of halogens is 3. The predicted molar refractivity (Wildman–Crippen MR) is 93.3 cm³/mol. The van der Waals surface area contributed by atoms with Gasteiger partial charge in [0.1, 0.15) is 11.4 Å². The molecule has 130 valence electrons. The summed E-state index contributed by atoms with van der Waals surface area (Å²) in [6, 6.07) is 7.61. The molecule has 4 nitrogen and oxygen atoms in total. The molecule has 3 aromatic rings. The number of thiazole rings is 1. The fraction of sp³-hybridized carbons (Fsp3) is 0.176. The Kier molecular flexibility index (Phi) is 5.15. The highest BCUT2D eigenvalue weighted by atomic mass is 35.5. The highest BCUT2D eigenvalue weighted by Crippen LogP contribution is 2.26. The average molecular weight is 383 g/mol. The van der Waals surface area contributed by atoms with Crippen molar-refractivity contribution in [1.29, 1.82) is 0 Å². The summed E-state index contributed by atoms with van der Waals surface area (Å²) < 4.78 is 33.8. The molecule has 0 unspecified atom stereocenters. The van der Waals surface area contributed by atoms with Gasteiger partial charge in [-0.15, -0.1) is 11.3 Å². The number of nitrogens with two attached hydrogens (primary N) is 1. The van der Waals surface area contributed by atoms with E-state index in [-0.39, 0.29) is 12.4 Å². The lowest BCUT2D eigenvalue weighted by molar-refractivity contribution is 0.0991. The molecule has 2 aromatic carbocycles. The highest BCUT2D eigenvalue weighted by Gasteiger charge is 2.19. The summed E-state index contributed by atoms with van der Waals surface area (Å²) in [7, 11) is 0. The molecule has 0 spiro atoms. The maximum atomic E-state index is 14.0. The molecule has 0 atom stereocenters. The second-order valence-electron chi connectivity index (χ2n) is 5.27. The van der Waals surface area contributed by atoms with Gasteiger partial charge in [0.2, 0.25) is 0 Å². The fourth-order valence-corrected chi connectivity index (χ4v) is 3.49. The maximum Gasteiger partial charge on any atom is 0.254 e. The van der Waals surface area contributed by atoms with Gasteiger partial charge in [0.05, 0.1) is 21.8 Å². The van der Waals surface area contributed by atoms with Crippen molar-refractivity contribution in [2.24, 2.45) is 5.73 Å². The van der Waals surface area contributed by atoms with Crippen LogP contribution in [0.3, 0.4) is 0 Å². The Labute approximate surface area is 151 Å². The summed E-state index contributed by atoms with van der Waals surface area (Å²) >= 11 is 7.49. The topological polar surface area (TPSA) is 65.2 Å². The number of hydrogen-bond acceptors (Lipinski definition) is 4. The number of carbonyl (C=O) groups is 1. The monoisotopic (exact) mass is 382 g/mol. The summed E-state index contributed by atoms with van der Waals surface area (Å²) in [4.78, 5) is 15.6. The van der Waals surface area contributed by atoms with E-state index in [4.69, 9.17) is 22.1 Å². The molecule has 25 heavy (non-hydrogen) atoms. The standard InChI is InChI=1S/C17H13ClF2N2O2S/c18-9-3-6-13-11(8-9)22-14(25-13)2-1-7-24-12-5-4-10(19)15(16(12)20)17(21)23/h3-6,8H,1-2,7H2,(H2,21,23). The van der Waals surface area contributed by atoms with Gasteiger partial charge in [0.15, 0.2) is 11.6 Å². The van der Waals surface area contributed by atoms with Crippen LogP contribution in [0.4, 0.5) is 8.78 Å². The number of amides is 1. The molecule has 3 rings (SSSR count). The number of benzene rings is 2. The van der Waals surface area contributed by atoms with Gasteiger partial charge < -0.3 is 10.5 Å². The number of fused-ring (bicyclic) bond motifs is 1. The first-order valence-corrected chi connectivity index (χ1v) is 8.60. The molecule has 1 amide bonds. The normalized spacial score (nSPS) is 11.0. The molecule has 1 heterocycles. The van der Waals surface area contributed by atoms with Crippen molar-refractivity contribution in [2.75, 3.05) is 6.61 Å². The zero-order valence-corrected chi connectivity index (χ0v) is 14.5. The quantitative estimate of drug-likeness (QED) is 0.645. The van der Waals surface area contributed by atoms with E-state index < -0.39 is 23.1 Å². The SMILES string of the molecule is NC(=O)c1c(F)ccc(OCCCc2nc3cc(Cl)ccc3s2)c1F. The summed E-state index contributed by atoms with van der Waals surface area (Å²) in [5, 5.41) is 1.54. The zero-order valence-electron chi connectivity index (χ0n) is 12.9. The highest BCUT2D eigenvalue weighted by molar-refractivity contribution is 7.18. The maximum absolute atomic E-state index is 14.0. The van der Waals surface area contributed by atoms with Gasteiger partial charge in [-0.3, -0.25) is 4.79 Å². The summed E-state index contributed by atoms with van der Waals surface area (Å²) in [6.45, 7) is 0.192. The number of ether oxygens (including phenoxy) is 1. The first-order chi connectivity index (χ1) is 12.0. The Hall–Kier alpha value is -2.25. The second kappa shape index (κ2) is 7.33. The van der Waals surface area contributed by atoms with Crippen molar-refractivity contribution in [2.45, 2.75) is 12.8 Å². The molecular formula is C17H13ClF2N2O2S. The van der Waals surface area contributed by atoms with Gasteiger partial charge in [-0.25, -0.2) is 13.8 Å². The van der Waals surface area contributed by atoms with Crippen LogP contribution in [0, 0.1) is 11.6 Å². The van der Waals surface area contributed by atoms with Crippen LogP contribution in [0.25, 0.3) is 10.2 Å². The molecule has 0 aliphatic carbocycles. The number of carbonyl (C=O) groups excluding carboxylic acids is 1. The molecule has 0 bridgehead atoms. The third-order valence-corrected chi connectivity index (χ3v) is 4.82. The molecule has 2 N–H and O–H groups in total. The van der Waals surface area contributed by atoms with E-state index in [0.717, 1.165) is 27.4 Å². The van der Waals surface area contributed by atoms with E-state index in [1.807, 2.05) is 12.1 Å². The Morgan fingerprint density at radius 1 is 1.28 bits per heavy atom. The van der Waals surface area contributed by atoms with E-state index >= 15 is 0 Å². The first kappa shape index (κ1) is 17.6. The van der Waals surface area contributed by atoms with Crippen molar-refractivity contribution >= 4 is 39.1 Å². The minimum absolute atomic E-state index is 0.192. The first-order valence-electron chi connectivity index (χ1n) is 7.41. The van der Waals surface area contributed by atoms with E-state index in [1.54, 1.807) is 17.4 Å². The largest absolute Gasteiger partial charge is 0.490 e. The van der Waals surface area contributed by atoms with Crippen LogP contribution in [0.2, 0.25) is 5.02 Å². The van der Waals surface area contributed by atoms with Crippen molar-refractivity contribution < 1.29 is 18.3 Å². The van der Waals surface area contributed by atoms with Gasteiger partial charge in [-0.2, -0.15) is 0 Å². The number of nitrogens with zero attached hydrogens (tertiary/aromatic N) is 1. The molecule has 0 aliphatic rings. The Bertz CT molecular complexity index is 946. The molecule has 0 saturated carbocycles. The molecule has 1 aromatic heterocycles. The van der Waals surface area contributed by atoms with E-state index in [2.05, 4.69) is 4.98 Å². The summed E-state index contributed by atoms with van der Waals surface area (Å²) in [5.41, 5.74) is 5.02. The molecule has 0 radical (unpaired) electrons. The zero-order chi connectivity index (χ0) is 18.0. The van der Waals surface area contributed by atoms with Gasteiger partial charge >= 0.3 is 0 Å². The Morgan fingerprint density at radius 2 is 2.08 bits per heavy atom.